The third kappa shape index (κ3) is 3.46. The van der Waals surface area contributed by atoms with Crippen LogP contribution in [0.4, 0.5) is 13.2 Å². The smallest absolute Gasteiger partial charge is 0.336 e. The number of ketones is 1. The van der Waals surface area contributed by atoms with Gasteiger partial charge in [-0.1, -0.05) is 26.0 Å². The van der Waals surface area contributed by atoms with Gasteiger partial charge in [0.15, 0.2) is 5.78 Å². The molecule has 1 spiro atoms. The molecule has 5 nitrogen and oxygen atoms in total. The molecule has 1 saturated heterocycles. The van der Waals surface area contributed by atoms with Crippen LogP contribution in [0.5, 0.6) is 0 Å². The van der Waals surface area contributed by atoms with Crippen molar-refractivity contribution in [1.82, 2.24) is 9.88 Å². The van der Waals surface area contributed by atoms with Crippen molar-refractivity contribution in [1.29, 1.82) is 5.26 Å². The Hall–Kier alpha value is -2.69. The van der Waals surface area contributed by atoms with Crippen LogP contribution < -0.4 is 0 Å². The highest BCUT2D eigenvalue weighted by Gasteiger charge is 2.49. The monoisotopic (exact) mass is 377 g/mol. The summed E-state index contributed by atoms with van der Waals surface area (Å²) in [6.45, 7) is 4.10. The molecule has 8 heteroatoms. The van der Waals surface area contributed by atoms with E-state index >= 15 is 0 Å². The molecule has 1 aromatic heterocycles. The SMILES string of the molecule is CC1(C)C[C@]2(C=C(C#N)C1=O)CCN(C(=O)c1cccc(C(F)(F)F)n1)C2. The van der Waals surface area contributed by atoms with E-state index in [2.05, 4.69) is 4.98 Å². The molecule has 0 saturated carbocycles. The third-order valence-electron chi connectivity index (χ3n) is 5.16. The Balaban J connectivity index is 1.86. The van der Waals surface area contributed by atoms with E-state index in [0.29, 0.717) is 19.4 Å². The van der Waals surface area contributed by atoms with Gasteiger partial charge in [-0.3, -0.25) is 9.59 Å². The van der Waals surface area contributed by atoms with E-state index in [-0.39, 0.29) is 23.6 Å². The minimum atomic E-state index is -4.62. The Bertz CT molecular complexity index is 883. The summed E-state index contributed by atoms with van der Waals surface area (Å²) in [6, 6.07) is 5.17. The zero-order chi connectivity index (χ0) is 20.0. The number of nitriles is 1. The first-order valence-electron chi connectivity index (χ1n) is 8.49. The van der Waals surface area contributed by atoms with Gasteiger partial charge >= 0.3 is 6.18 Å². The van der Waals surface area contributed by atoms with Crippen molar-refractivity contribution in [3.05, 3.63) is 41.2 Å². The first-order valence-corrected chi connectivity index (χ1v) is 8.49. The van der Waals surface area contributed by atoms with Crippen LogP contribution in [0.15, 0.2) is 29.8 Å². The zero-order valence-corrected chi connectivity index (χ0v) is 14.9. The highest BCUT2D eigenvalue weighted by atomic mass is 19.4. The van der Waals surface area contributed by atoms with Gasteiger partial charge in [-0.05, 0) is 25.0 Å². The number of carbonyl (C=O) groups is 2. The van der Waals surface area contributed by atoms with Crippen LogP contribution in [0.25, 0.3) is 0 Å². The molecule has 0 unspecified atom stereocenters. The van der Waals surface area contributed by atoms with E-state index in [0.717, 1.165) is 12.1 Å². The Morgan fingerprint density at radius 1 is 1.33 bits per heavy atom. The molecule has 3 rings (SSSR count). The standard InChI is InChI=1S/C19H18F3N3O2/c1-17(2)10-18(8-12(9-23)15(17)26)6-7-25(11-18)16(27)13-4-3-5-14(24-13)19(20,21)22/h3-5,8H,6-7,10-11H2,1-2H3/t18-/m1/s1. The van der Waals surface area contributed by atoms with Gasteiger partial charge in [0, 0.05) is 23.9 Å². The Morgan fingerprint density at radius 3 is 2.67 bits per heavy atom. The van der Waals surface area contributed by atoms with Crippen LogP contribution in [0.3, 0.4) is 0 Å². The normalized spacial score (nSPS) is 24.7. The van der Waals surface area contributed by atoms with E-state index in [1.165, 1.54) is 11.0 Å². The van der Waals surface area contributed by atoms with Crippen LogP contribution in [0.1, 0.15) is 42.9 Å². The predicted molar refractivity (Wildman–Crippen MR) is 89.3 cm³/mol. The van der Waals surface area contributed by atoms with Gasteiger partial charge < -0.3 is 4.90 Å². The van der Waals surface area contributed by atoms with Gasteiger partial charge in [0.25, 0.3) is 5.91 Å². The fourth-order valence-corrected chi connectivity index (χ4v) is 4.04. The molecule has 1 amide bonds. The van der Waals surface area contributed by atoms with E-state index in [1.807, 2.05) is 6.07 Å². The summed E-state index contributed by atoms with van der Waals surface area (Å²) in [4.78, 5) is 29.9. The number of nitrogens with zero attached hydrogens (tertiary/aromatic N) is 3. The van der Waals surface area contributed by atoms with Crippen molar-refractivity contribution in [3.8, 4) is 6.07 Å². The summed E-state index contributed by atoms with van der Waals surface area (Å²) in [6.07, 6.45) is -1.97. The summed E-state index contributed by atoms with van der Waals surface area (Å²) < 4.78 is 38.5. The second-order valence-electron chi connectivity index (χ2n) is 7.80. The number of amides is 1. The van der Waals surface area contributed by atoms with Crippen molar-refractivity contribution in [2.75, 3.05) is 13.1 Å². The number of rotatable bonds is 1. The number of allylic oxidation sites excluding steroid dienone is 1. The van der Waals surface area contributed by atoms with E-state index in [9.17, 15) is 28.0 Å². The lowest BCUT2D eigenvalue weighted by atomic mass is 9.64. The molecule has 0 N–H and O–H groups in total. The predicted octanol–water partition coefficient (Wildman–Crippen LogP) is 3.38. The highest BCUT2D eigenvalue weighted by Crippen LogP contribution is 2.48. The fourth-order valence-electron chi connectivity index (χ4n) is 4.04. The lowest BCUT2D eigenvalue weighted by Gasteiger charge is -2.38. The Morgan fingerprint density at radius 2 is 2.04 bits per heavy atom. The number of likely N-dealkylation sites (tertiary alicyclic amines) is 1. The molecule has 2 aliphatic rings. The van der Waals surface area contributed by atoms with Crippen molar-refractivity contribution in [2.45, 2.75) is 32.9 Å². The molecule has 27 heavy (non-hydrogen) atoms. The van der Waals surface area contributed by atoms with Gasteiger partial charge in [-0.15, -0.1) is 0 Å². The van der Waals surface area contributed by atoms with E-state index in [4.69, 9.17) is 0 Å². The van der Waals surface area contributed by atoms with E-state index in [1.54, 1.807) is 19.9 Å². The van der Waals surface area contributed by atoms with Crippen LogP contribution in [-0.2, 0) is 11.0 Å². The molecule has 0 radical (unpaired) electrons. The zero-order valence-electron chi connectivity index (χ0n) is 14.9. The van der Waals surface area contributed by atoms with Crippen molar-refractivity contribution < 1.29 is 22.8 Å². The van der Waals surface area contributed by atoms with Crippen molar-refractivity contribution in [3.63, 3.8) is 0 Å². The molecule has 0 aromatic carbocycles. The Kier molecular flexibility index (Phi) is 4.37. The lowest BCUT2D eigenvalue weighted by Crippen LogP contribution is -2.41. The number of aromatic nitrogens is 1. The molecule has 142 valence electrons. The quantitative estimate of drug-likeness (QED) is 0.752. The topological polar surface area (TPSA) is 74.1 Å². The molecule has 1 aromatic rings. The molecule has 1 aliphatic carbocycles. The van der Waals surface area contributed by atoms with Crippen molar-refractivity contribution in [2.24, 2.45) is 10.8 Å². The summed E-state index contributed by atoms with van der Waals surface area (Å²) in [5.41, 5.74) is -2.55. The number of halogens is 3. The molecule has 0 bridgehead atoms. The highest BCUT2D eigenvalue weighted by molar-refractivity contribution is 6.03. The number of hydrogen-bond acceptors (Lipinski definition) is 4. The van der Waals surface area contributed by atoms with Gasteiger partial charge in [-0.25, -0.2) is 4.98 Å². The fraction of sp³-hybridized carbons (Fsp3) is 0.474. The average molecular weight is 377 g/mol. The van der Waals surface area contributed by atoms with Crippen LogP contribution in [0.2, 0.25) is 0 Å². The first-order chi connectivity index (χ1) is 12.5. The molecular weight excluding hydrogens is 359 g/mol. The van der Waals surface area contributed by atoms with Crippen molar-refractivity contribution >= 4 is 11.7 Å². The maximum Gasteiger partial charge on any atom is 0.433 e. The molecule has 2 heterocycles. The molecular formula is C19H18F3N3O2. The molecule has 1 fully saturated rings. The second-order valence-corrected chi connectivity index (χ2v) is 7.80. The molecule has 1 atom stereocenters. The van der Waals surface area contributed by atoms with Gasteiger partial charge in [-0.2, -0.15) is 18.4 Å². The van der Waals surface area contributed by atoms with Crippen LogP contribution in [0, 0.1) is 22.2 Å². The largest absolute Gasteiger partial charge is 0.433 e. The summed E-state index contributed by atoms with van der Waals surface area (Å²) in [5, 5.41) is 9.26. The summed E-state index contributed by atoms with van der Waals surface area (Å²) in [5.74, 6) is -0.806. The first kappa shape index (κ1) is 19.1. The number of Topliss-reactive ketones (excluding diaryl/α,β-unsaturated/α-hetero) is 1. The minimum Gasteiger partial charge on any atom is -0.336 e. The van der Waals surface area contributed by atoms with E-state index < -0.39 is 28.6 Å². The number of alkyl halides is 3. The lowest BCUT2D eigenvalue weighted by molar-refractivity contribution is -0.141. The van der Waals surface area contributed by atoms with Crippen LogP contribution in [-0.4, -0.2) is 34.7 Å². The number of hydrogen-bond donors (Lipinski definition) is 0. The van der Waals surface area contributed by atoms with Gasteiger partial charge in [0.1, 0.15) is 17.5 Å². The maximum atomic E-state index is 12.8. The minimum absolute atomic E-state index is 0.0812. The Labute approximate surface area is 154 Å². The number of pyridine rings is 1. The summed E-state index contributed by atoms with van der Waals surface area (Å²) in [7, 11) is 0. The average Bonchev–Trinajstić information content (AvgIpc) is 2.99. The maximum absolute atomic E-state index is 12.8. The third-order valence-corrected chi connectivity index (χ3v) is 5.16. The van der Waals surface area contributed by atoms with Crippen LogP contribution >= 0.6 is 0 Å². The van der Waals surface area contributed by atoms with Gasteiger partial charge in [0.05, 0.1) is 5.57 Å². The summed E-state index contributed by atoms with van der Waals surface area (Å²) >= 11 is 0. The molecule has 1 aliphatic heterocycles. The second kappa shape index (κ2) is 6.19. The number of carbonyl (C=O) groups excluding carboxylic acids is 2. The van der Waals surface area contributed by atoms with Gasteiger partial charge in [0.2, 0.25) is 0 Å².